The first-order valence-corrected chi connectivity index (χ1v) is 7.14. The highest BCUT2D eigenvalue weighted by Crippen LogP contribution is 2.27. The van der Waals surface area contributed by atoms with Crippen molar-refractivity contribution in [2.75, 3.05) is 13.2 Å². The predicted octanol–water partition coefficient (Wildman–Crippen LogP) is 2.43. The zero-order chi connectivity index (χ0) is 14.4. The third-order valence-electron chi connectivity index (χ3n) is 2.68. The Balaban J connectivity index is 1.87. The number of amides is 1. The molecule has 20 heavy (non-hydrogen) atoms. The van der Waals surface area contributed by atoms with E-state index in [1.807, 2.05) is 0 Å². The van der Waals surface area contributed by atoms with Crippen LogP contribution in [0.1, 0.15) is 29.8 Å². The Hall–Kier alpha value is -1.73. The number of carbonyl (C=O) groups is 1. The standard InChI is InChI=1S/C13H15FN2O3S/c14-12-5-4-11(20-12)10-8-9(16-19-10)13(18)15-6-2-1-3-7-17/h4-5,8,17H,1-3,6-7H2,(H,15,18). The summed E-state index contributed by atoms with van der Waals surface area (Å²) in [6.07, 6.45) is 2.39. The number of rotatable bonds is 7. The maximum Gasteiger partial charge on any atom is 0.273 e. The van der Waals surface area contributed by atoms with E-state index in [4.69, 9.17) is 9.63 Å². The summed E-state index contributed by atoms with van der Waals surface area (Å²) in [5.74, 6) is 0.0605. The molecule has 1 amide bonds. The van der Waals surface area contributed by atoms with Gasteiger partial charge in [0.1, 0.15) is 0 Å². The Bertz CT molecular complexity index is 567. The molecule has 2 aromatic rings. The zero-order valence-electron chi connectivity index (χ0n) is 10.8. The maximum absolute atomic E-state index is 12.9. The molecule has 2 aromatic heterocycles. The summed E-state index contributed by atoms with van der Waals surface area (Å²) in [7, 11) is 0. The van der Waals surface area contributed by atoms with Crippen LogP contribution in [0.3, 0.4) is 0 Å². The van der Waals surface area contributed by atoms with Crippen LogP contribution in [-0.2, 0) is 0 Å². The number of hydrogen-bond acceptors (Lipinski definition) is 5. The Morgan fingerprint density at radius 1 is 1.40 bits per heavy atom. The van der Waals surface area contributed by atoms with Gasteiger partial charge in [-0.05, 0) is 31.4 Å². The number of unbranched alkanes of at least 4 members (excludes halogenated alkanes) is 2. The first kappa shape index (κ1) is 14.7. The molecule has 0 saturated heterocycles. The lowest BCUT2D eigenvalue weighted by Gasteiger charge is -2.01. The summed E-state index contributed by atoms with van der Waals surface area (Å²) in [6.45, 7) is 0.687. The molecule has 2 rings (SSSR count). The van der Waals surface area contributed by atoms with E-state index in [1.54, 1.807) is 6.07 Å². The quantitative estimate of drug-likeness (QED) is 0.770. The minimum atomic E-state index is -0.318. The van der Waals surface area contributed by atoms with Crippen molar-refractivity contribution < 1.29 is 18.8 Å². The molecule has 7 heteroatoms. The molecule has 2 N–H and O–H groups in total. The summed E-state index contributed by atoms with van der Waals surface area (Å²) in [5, 5.41) is 14.7. The average molecular weight is 298 g/mol. The molecular formula is C13H15FN2O3S. The lowest BCUT2D eigenvalue weighted by molar-refractivity contribution is 0.0944. The van der Waals surface area contributed by atoms with E-state index >= 15 is 0 Å². The maximum atomic E-state index is 12.9. The van der Waals surface area contributed by atoms with Crippen LogP contribution in [0, 0.1) is 5.13 Å². The summed E-state index contributed by atoms with van der Waals surface area (Å²) in [6, 6.07) is 4.41. The predicted molar refractivity (Wildman–Crippen MR) is 73.0 cm³/mol. The largest absolute Gasteiger partial charge is 0.396 e. The van der Waals surface area contributed by atoms with Crippen molar-refractivity contribution in [2.24, 2.45) is 0 Å². The number of carbonyl (C=O) groups excluding carboxylic acids is 1. The van der Waals surface area contributed by atoms with Crippen molar-refractivity contribution >= 4 is 17.2 Å². The zero-order valence-corrected chi connectivity index (χ0v) is 11.6. The van der Waals surface area contributed by atoms with E-state index in [9.17, 15) is 9.18 Å². The van der Waals surface area contributed by atoms with Crippen molar-refractivity contribution in [1.82, 2.24) is 10.5 Å². The summed E-state index contributed by atoms with van der Waals surface area (Å²) in [5.41, 5.74) is 0.177. The summed E-state index contributed by atoms with van der Waals surface area (Å²) < 4.78 is 17.9. The average Bonchev–Trinajstić information content (AvgIpc) is 3.06. The molecule has 108 valence electrons. The molecule has 0 saturated carbocycles. The molecule has 0 aliphatic rings. The van der Waals surface area contributed by atoms with Gasteiger partial charge in [0, 0.05) is 19.2 Å². The van der Waals surface area contributed by atoms with Gasteiger partial charge >= 0.3 is 0 Å². The van der Waals surface area contributed by atoms with Gasteiger partial charge in [0.15, 0.2) is 16.6 Å². The molecule has 0 radical (unpaired) electrons. The number of halogens is 1. The van der Waals surface area contributed by atoms with Crippen molar-refractivity contribution in [3.63, 3.8) is 0 Å². The second-order valence-corrected chi connectivity index (χ2v) is 5.25. The molecule has 0 aliphatic carbocycles. The van der Waals surface area contributed by atoms with Gasteiger partial charge in [-0.3, -0.25) is 4.79 Å². The molecule has 0 unspecified atom stereocenters. The van der Waals surface area contributed by atoms with Crippen molar-refractivity contribution in [2.45, 2.75) is 19.3 Å². The van der Waals surface area contributed by atoms with Crippen molar-refractivity contribution in [3.8, 4) is 10.6 Å². The topological polar surface area (TPSA) is 75.4 Å². The number of thiophene rings is 1. The van der Waals surface area contributed by atoms with Crippen LogP contribution in [-0.4, -0.2) is 29.3 Å². The van der Waals surface area contributed by atoms with Gasteiger partial charge in [0.25, 0.3) is 5.91 Å². The van der Waals surface area contributed by atoms with Crippen molar-refractivity contribution in [3.05, 3.63) is 29.0 Å². The van der Waals surface area contributed by atoms with E-state index in [0.717, 1.165) is 30.6 Å². The molecular weight excluding hydrogens is 283 g/mol. The highest BCUT2D eigenvalue weighted by atomic mass is 32.1. The molecule has 0 spiro atoms. The van der Waals surface area contributed by atoms with Crippen LogP contribution in [0.5, 0.6) is 0 Å². The van der Waals surface area contributed by atoms with Gasteiger partial charge in [-0.2, -0.15) is 4.39 Å². The van der Waals surface area contributed by atoms with Gasteiger partial charge in [-0.15, -0.1) is 11.3 Å². The molecule has 0 aliphatic heterocycles. The van der Waals surface area contributed by atoms with Crippen LogP contribution in [0.25, 0.3) is 10.6 Å². The minimum Gasteiger partial charge on any atom is -0.396 e. The number of aromatic nitrogens is 1. The van der Waals surface area contributed by atoms with Gasteiger partial charge < -0.3 is 14.9 Å². The molecule has 0 bridgehead atoms. The third-order valence-corrected chi connectivity index (χ3v) is 3.57. The molecule has 0 aromatic carbocycles. The van der Waals surface area contributed by atoms with Crippen molar-refractivity contribution in [1.29, 1.82) is 0 Å². The Morgan fingerprint density at radius 2 is 2.25 bits per heavy atom. The van der Waals surface area contributed by atoms with Crippen LogP contribution in [0.4, 0.5) is 4.39 Å². The van der Waals surface area contributed by atoms with Gasteiger partial charge in [0.2, 0.25) is 0 Å². The summed E-state index contributed by atoms with van der Waals surface area (Å²) >= 11 is 0.937. The Morgan fingerprint density at radius 3 is 2.95 bits per heavy atom. The molecule has 5 nitrogen and oxygen atoms in total. The Kier molecular flexibility index (Phi) is 5.25. The lowest BCUT2D eigenvalue weighted by atomic mass is 10.2. The monoisotopic (exact) mass is 298 g/mol. The van der Waals surface area contributed by atoms with Gasteiger partial charge in [-0.1, -0.05) is 5.16 Å². The van der Waals surface area contributed by atoms with Crippen LogP contribution >= 0.6 is 11.3 Å². The molecule has 0 fully saturated rings. The summed E-state index contributed by atoms with van der Waals surface area (Å²) in [4.78, 5) is 12.4. The van der Waals surface area contributed by atoms with Crippen LogP contribution < -0.4 is 5.32 Å². The van der Waals surface area contributed by atoms with Crippen LogP contribution in [0.2, 0.25) is 0 Å². The van der Waals surface area contributed by atoms with E-state index in [0.29, 0.717) is 17.2 Å². The first-order chi connectivity index (χ1) is 9.70. The Labute approximate surface area is 119 Å². The second kappa shape index (κ2) is 7.16. The third kappa shape index (κ3) is 3.88. The number of hydrogen-bond donors (Lipinski definition) is 2. The fraction of sp³-hybridized carbons (Fsp3) is 0.385. The number of aliphatic hydroxyl groups excluding tert-OH is 1. The number of aliphatic hydroxyl groups is 1. The highest BCUT2D eigenvalue weighted by Gasteiger charge is 2.14. The minimum absolute atomic E-state index is 0.165. The van der Waals surface area contributed by atoms with Gasteiger partial charge in [0.05, 0.1) is 4.88 Å². The first-order valence-electron chi connectivity index (χ1n) is 6.32. The molecule has 0 atom stereocenters. The SMILES string of the molecule is O=C(NCCCCCO)c1cc(-c2ccc(F)s2)on1. The van der Waals surface area contributed by atoms with E-state index < -0.39 is 0 Å². The van der Waals surface area contributed by atoms with E-state index in [2.05, 4.69) is 10.5 Å². The molecule has 2 heterocycles. The lowest BCUT2D eigenvalue weighted by Crippen LogP contribution is -2.24. The second-order valence-electron chi connectivity index (χ2n) is 4.22. The highest BCUT2D eigenvalue weighted by molar-refractivity contribution is 7.13. The smallest absolute Gasteiger partial charge is 0.273 e. The normalized spacial score (nSPS) is 10.7. The van der Waals surface area contributed by atoms with E-state index in [1.165, 1.54) is 12.1 Å². The number of nitrogens with one attached hydrogen (secondary N) is 1. The number of nitrogens with zero attached hydrogens (tertiary/aromatic N) is 1. The van der Waals surface area contributed by atoms with E-state index in [-0.39, 0.29) is 23.3 Å². The van der Waals surface area contributed by atoms with Gasteiger partial charge in [-0.25, -0.2) is 0 Å². The fourth-order valence-corrected chi connectivity index (χ4v) is 2.33. The van der Waals surface area contributed by atoms with Crippen LogP contribution in [0.15, 0.2) is 22.7 Å². The fourth-order valence-electron chi connectivity index (χ4n) is 1.65.